The van der Waals surface area contributed by atoms with Crippen LogP contribution in [0.1, 0.15) is 0 Å². The van der Waals surface area contributed by atoms with E-state index >= 15 is 0 Å². The Morgan fingerprint density at radius 3 is 1.88 bits per heavy atom. The van der Waals surface area contributed by atoms with Gasteiger partial charge >= 0.3 is 0 Å². The van der Waals surface area contributed by atoms with Crippen LogP contribution in [0.15, 0.2) is 91.2 Å². The lowest BCUT2D eigenvalue weighted by Crippen LogP contribution is -2.03. The maximum Gasteiger partial charge on any atom is 0.197 e. The van der Waals surface area contributed by atoms with Gasteiger partial charge in [0.1, 0.15) is 62.4 Å². The summed E-state index contributed by atoms with van der Waals surface area (Å²) in [5.41, 5.74) is 0.329. The number of hydrogen-bond acceptors (Lipinski definition) is 10. The molecule has 10 nitrogen and oxygen atoms in total. The van der Waals surface area contributed by atoms with Crippen LogP contribution in [0.3, 0.4) is 0 Å². The van der Waals surface area contributed by atoms with E-state index in [4.69, 9.17) is 23.0 Å². The van der Waals surface area contributed by atoms with Gasteiger partial charge in [0.05, 0.1) is 26.9 Å². The number of benzene rings is 4. The van der Waals surface area contributed by atoms with Gasteiger partial charge in [0.15, 0.2) is 16.4 Å². The molecule has 6 rings (SSSR count). The molecule has 0 atom stereocenters. The fourth-order valence-electron chi connectivity index (χ4n) is 5.02. The van der Waals surface area contributed by atoms with Crippen molar-refractivity contribution in [2.45, 2.75) is 0 Å². The molecule has 0 aliphatic carbocycles. The maximum absolute atomic E-state index is 13.3. The highest BCUT2D eigenvalue weighted by molar-refractivity contribution is 6.01. The number of ether oxygens (including phenoxy) is 3. The maximum atomic E-state index is 13.3. The molecule has 0 aliphatic heterocycles. The standard InChI is InChI=1S/C33H24O10/c1-39-18-7-4-16(5-8-18)27-15-25(38)32-23(36)13-22(35)30(33(32)43-27)20-10-17(6-9-26(20)41-3)28-14-24(37)31-21(34)11-19(40-2)12-29(31)42-28/h4-15,34-36H,1-3H3. The molecule has 0 unspecified atom stereocenters. The second-order valence-corrected chi connectivity index (χ2v) is 9.61. The average Bonchev–Trinajstić information content (AvgIpc) is 3.00. The molecule has 0 aliphatic rings. The molecule has 0 amide bonds. The van der Waals surface area contributed by atoms with Crippen LogP contribution in [0.2, 0.25) is 0 Å². The minimum absolute atomic E-state index is 0.00621. The van der Waals surface area contributed by atoms with Crippen LogP contribution in [-0.4, -0.2) is 36.6 Å². The number of phenolic OH excluding ortho intramolecular Hbond substituents is 3. The summed E-state index contributed by atoms with van der Waals surface area (Å²) < 4.78 is 28.2. The van der Waals surface area contributed by atoms with Gasteiger partial charge in [-0.05, 0) is 42.5 Å². The molecule has 4 aromatic carbocycles. The molecule has 0 saturated carbocycles. The predicted octanol–water partition coefficient (Wildman–Crippen LogP) is 6.04. The molecule has 0 fully saturated rings. The summed E-state index contributed by atoms with van der Waals surface area (Å²) in [4.78, 5) is 26.2. The Labute approximate surface area is 243 Å². The van der Waals surface area contributed by atoms with Gasteiger partial charge in [0.25, 0.3) is 0 Å². The lowest BCUT2D eigenvalue weighted by atomic mass is 9.96. The van der Waals surface area contributed by atoms with Crippen molar-refractivity contribution in [1.82, 2.24) is 0 Å². The number of methoxy groups -OCH3 is 3. The van der Waals surface area contributed by atoms with Gasteiger partial charge < -0.3 is 38.4 Å². The normalized spacial score (nSPS) is 11.1. The molecular formula is C33H24O10. The molecule has 216 valence electrons. The van der Waals surface area contributed by atoms with Crippen molar-refractivity contribution in [3.8, 4) is 68.3 Å². The molecule has 0 radical (unpaired) electrons. The second-order valence-electron chi connectivity index (χ2n) is 9.61. The van der Waals surface area contributed by atoms with E-state index in [0.717, 1.165) is 6.07 Å². The fraction of sp³-hybridized carbons (Fsp3) is 0.0909. The van der Waals surface area contributed by atoms with E-state index in [1.54, 1.807) is 42.5 Å². The first-order valence-corrected chi connectivity index (χ1v) is 12.9. The minimum atomic E-state index is -0.532. The number of fused-ring (bicyclic) bond motifs is 2. The SMILES string of the molecule is COc1ccc(-c2cc(=O)c3c(O)cc(O)c(-c4cc(-c5cc(=O)c6c(O)cc(OC)cc6o5)ccc4OC)c3o2)cc1. The van der Waals surface area contributed by atoms with Crippen molar-refractivity contribution < 1.29 is 38.4 Å². The van der Waals surface area contributed by atoms with E-state index < -0.39 is 16.6 Å². The zero-order chi connectivity index (χ0) is 30.4. The predicted molar refractivity (Wildman–Crippen MR) is 159 cm³/mol. The zero-order valence-electron chi connectivity index (χ0n) is 23.1. The van der Waals surface area contributed by atoms with Crippen molar-refractivity contribution in [3.63, 3.8) is 0 Å². The number of aromatic hydroxyl groups is 3. The summed E-state index contributed by atoms with van der Waals surface area (Å²) in [6, 6.07) is 18.0. The first-order valence-electron chi connectivity index (χ1n) is 12.9. The summed E-state index contributed by atoms with van der Waals surface area (Å²) in [6.07, 6.45) is 0. The first-order chi connectivity index (χ1) is 20.7. The van der Waals surface area contributed by atoms with E-state index in [-0.39, 0.29) is 56.1 Å². The average molecular weight is 581 g/mol. The summed E-state index contributed by atoms with van der Waals surface area (Å²) in [7, 11) is 4.39. The number of phenols is 3. The van der Waals surface area contributed by atoms with E-state index in [0.29, 0.717) is 28.4 Å². The van der Waals surface area contributed by atoms with Crippen LogP contribution in [-0.2, 0) is 0 Å². The van der Waals surface area contributed by atoms with Gasteiger partial charge in [-0.2, -0.15) is 0 Å². The fourth-order valence-corrected chi connectivity index (χ4v) is 5.02. The van der Waals surface area contributed by atoms with Gasteiger partial charge in [0, 0.05) is 47.0 Å². The van der Waals surface area contributed by atoms with Crippen LogP contribution < -0.4 is 25.1 Å². The summed E-state index contributed by atoms with van der Waals surface area (Å²) in [6.45, 7) is 0. The third kappa shape index (κ3) is 4.64. The molecule has 0 spiro atoms. The first kappa shape index (κ1) is 27.3. The molecule has 10 heteroatoms. The number of hydrogen-bond donors (Lipinski definition) is 3. The highest BCUT2D eigenvalue weighted by Gasteiger charge is 2.23. The van der Waals surface area contributed by atoms with Crippen LogP contribution in [0.25, 0.3) is 55.7 Å². The Kier molecular flexibility index (Phi) is 6.66. The van der Waals surface area contributed by atoms with Crippen LogP contribution in [0.4, 0.5) is 0 Å². The molecule has 0 saturated heterocycles. The van der Waals surface area contributed by atoms with E-state index in [9.17, 15) is 24.9 Å². The van der Waals surface area contributed by atoms with Crippen molar-refractivity contribution in [2.75, 3.05) is 21.3 Å². The molecule has 6 aromatic rings. The Bertz CT molecular complexity index is 2160. The lowest BCUT2D eigenvalue weighted by molar-refractivity contribution is 0.408. The monoisotopic (exact) mass is 580 g/mol. The van der Waals surface area contributed by atoms with Crippen molar-refractivity contribution >= 4 is 21.9 Å². The van der Waals surface area contributed by atoms with E-state index in [2.05, 4.69) is 0 Å². The largest absolute Gasteiger partial charge is 0.507 e. The Morgan fingerprint density at radius 2 is 1.21 bits per heavy atom. The number of rotatable bonds is 6. The second kappa shape index (κ2) is 10.5. The quantitative estimate of drug-likeness (QED) is 0.213. The lowest BCUT2D eigenvalue weighted by Gasteiger charge is -2.15. The molecular weight excluding hydrogens is 556 g/mol. The van der Waals surface area contributed by atoms with Gasteiger partial charge in [0.2, 0.25) is 0 Å². The van der Waals surface area contributed by atoms with Gasteiger partial charge in [-0.15, -0.1) is 0 Å². The Hall–Kier alpha value is -5.90. The van der Waals surface area contributed by atoms with Gasteiger partial charge in [-0.1, -0.05) is 0 Å². The molecule has 3 N–H and O–H groups in total. The van der Waals surface area contributed by atoms with Crippen molar-refractivity contribution in [3.05, 3.63) is 93.2 Å². The van der Waals surface area contributed by atoms with Crippen LogP contribution in [0.5, 0.6) is 34.5 Å². The molecule has 2 aromatic heterocycles. The molecule has 2 heterocycles. The van der Waals surface area contributed by atoms with E-state index in [1.807, 2.05) is 0 Å². The molecule has 0 bridgehead atoms. The summed E-state index contributed by atoms with van der Waals surface area (Å²) in [5, 5.41) is 31.9. The minimum Gasteiger partial charge on any atom is -0.507 e. The highest BCUT2D eigenvalue weighted by atomic mass is 16.5. The summed E-state index contributed by atoms with van der Waals surface area (Å²) in [5.74, 6) is 0.412. The van der Waals surface area contributed by atoms with Crippen molar-refractivity contribution in [1.29, 1.82) is 0 Å². The Morgan fingerprint density at radius 1 is 0.581 bits per heavy atom. The zero-order valence-corrected chi connectivity index (χ0v) is 23.1. The van der Waals surface area contributed by atoms with Gasteiger partial charge in [-0.3, -0.25) is 9.59 Å². The third-order valence-corrected chi connectivity index (χ3v) is 7.11. The van der Waals surface area contributed by atoms with E-state index in [1.165, 1.54) is 45.6 Å². The van der Waals surface area contributed by atoms with Crippen LogP contribution >= 0.6 is 0 Å². The van der Waals surface area contributed by atoms with Crippen LogP contribution in [0, 0.1) is 0 Å². The Balaban J connectivity index is 1.61. The smallest absolute Gasteiger partial charge is 0.197 e. The van der Waals surface area contributed by atoms with Crippen molar-refractivity contribution in [2.24, 2.45) is 0 Å². The highest BCUT2D eigenvalue weighted by Crippen LogP contribution is 2.46. The molecule has 43 heavy (non-hydrogen) atoms. The summed E-state index contributed by atoms with van der Waals surface area (Å²) >= 11 is 0. The topological polar surface area (TPSA) is 149 Å². The van der Waals surface area contributed by atoms with Gasteiger partial charge in [-0.25, -0.2) is 0 Å². The third-order valence-electron chi connectivity index (χ3n) is 7.11.